The van der Waals surface area contributed by atoms with Gasteiger partial charge in [-0.2, -0.15) is 10.4 Å². The van der Waals surface area contributed by atoms with Crippen molar-refractivity contribution in [1.82, 2.24) is 9.78 Å². The lowest BCUT2D eigenvalue weighted by Gasteiger charge is -2.23. The van der Waals surface area contributed by atoms with Crippen LogP contribution in [0.5, 0.6) is 5.75 Å². The first-order valence-corrected chi connectivity index (χ1v) is 10.8. The molecule has 4 rings (SSSR count). The van der Waals surface area contributed by atoms with Crippen LogP contribution in [0.2, 0.25) is 0 Å². The molecule has 1 amide bonds. The average molecular weight is 467 g/mol. The molecule has 8 nitrogen and oxygen atoms in total. The maximum absolute atomic E-state index is 14.9. The highest BCUT2D eigenvalue weighted by Crippen LogP contribution is 2.33. The second-order valence-corrected chi connectivity index (χ2v) is 7.89. The Kier molecular flexibility index (Phi) is 6.75. The number of nitrogens with two attached hydrogens (primary N) is 2. The quantitative estimate of drug-likeness (QED) is 0.548. The smallest absolute Gasteiger partial charge is 0.252 e. The van der Waals surface area contributed by atoms with Crippen molar-refractivity contribution in [2.75, 3.05) is 25.6 Å². The Balaban J connectivity index is 1.56. The van der Waals surface area contributed by atoms with E-state index >= 15 is 0 Å². The summed E-state index contributed by atoms with van der Waals surface area (Å²) in [5, 5.41) is 14.0. The molecule has 0 atom stereocenters. The molecule has 2 aromatic carbocycles. The highest BCUT2D eigenvalue weighted by atomic mass is 19.1. The number of hydrogen-bond acceptors (Lipinski definition) is 6. The van der Waals surface area contributed by atoms with Gasteiger partial charge < -0.3 is 20.9 Å². The summed E-state index contributed by atoms with van der Waals surface area (Å²) in [4.78, 5) is 11.5. The van der Waals surface area contributed by atoms with E-state index < -0.39 is 17.5 Å². The number of para-hydroxylation sites is 1. The lowest BCUT2D eigenvalue weighted by Crippen LogP contribution is -2.21. The van der Waals surface area contributed by atoms with Crippen molar-refractivity contribution in [3.63, 3.8) is 0 Å². The average Bonchev–Trinajstić information content (AvgIpc) is 3.17. The van der Waals surface area contributed by atoms with Gasteiger partial charge in [0.1, 0.15) is 40.5 Å². The number of primary amides is 1. The molecule has 2 heterocycles. The zero-order valence-corrected chi connectivity index (χ0v) is 18.3. The Hall–Kier alpha value is -3.97. The van der Waals surface area contributed by atoms with Crippen LogP contribution < -0.4 is 16.2 Å². The highest BCUT2D eigenvalue weighted by Gasteiger charge is 2.25. The summed E-state index contributed by atoms with van der Waals surface area (Å²) < 4.78 is 42.2. The summed E-state index contributed by atoms with van der Waals surface area (Å²) in [7, 11) is 0. The molecule has 0 unspecified atom stereocenters. The van der Waals surface area contributed by atoms with Crippen LogP contribution in [-0.4, -0.2) is 35.5 Å². The zero-order chi connectivity index (χ0) is 24.2. The molecule has 0 aliphatic carbocycles. The zero-order valence-electron chi connectivity index (χ0n) is 18.3. The Labute approximate surface area is 194 Å². The molecular formula is C24H23F2N5O3. The van der Waals surface area contributed by atoms with Crippen LogP contribution in [0.25, 0.3) is 11.3 Å². The molecule has 1 aliphatic rings. The third-order valence-corrected chi connectivity index (χ3v) is 5.77. The number of anilines is 1. The number of ether oxygens (including phenoxy) is 2. The molecule has 0 spiro atoms. The number of nitrogens with zero attached hydrogens (tertiary/aromatic N) is 3. The molecule has 4 N–H and O–H groups in total. The minimum atomic E-state index is -0.801. The Morgan fingerprint density at radius 1 is 1.24 bits per heavy atom. The first-order valence-electron chi connectivity index (χ1n) is 10.8. The molecule has 0 bridgehead atoms. The summed E-state index contributed by atoms with van der Waals surface area (Å²) in [5.41, 5.74) is 11.8. The number of benzene rings is 2. The van der Waals surface area contributed by atoms with Gasteiger partial charge in [-0.1, -0.05) is 12.1 Å². The van der Waals surface area contributed by atoms with E-state index in [-0.39, 0.29) is 58.6 Å². The Bertz CT molecular complexity index is 1240. The fraction of sp³-hybridized carbons (Fsp3) is 0.292. The standard InChI is InChI=1S/C24H23F2N5O3/c25-19-11-14(22-18(13-27)23(28)31(30-22)15-5-8-33-9-6-15)12-20(26)16(19)7-10-34-21-4-2-1-3-17(21)24(29)32/h1-4,11-12,15H,5-10,28H2,(H2,29,32). The first kappa shape index (κ1) is 23.2. The molecule has 176 valence electrons. The molecule has 34 heavy (non-hydrogen) atoms. The van der Waals surface area contributed by atoms with Gasteiger partial charge in [-0.05, 0) is 37.1 Å². The monoisotopic (exact) mass is 467 g/mol. The molecular weight excluding hydrogens is 444 g/mol. The van der Waals surface area contributed by atoms with Crippen molar-refractivity contribution in [2.45, 2.75) is 25.3 Å². The summed E-state index contributed by atoms with van der Waals surface area (Å²) in [6, 6.07) is 10.6. The SMILES string of the molecule is N#Cc1c(-c2cc(F)c(CCOc3ccccc3C(N)=O)c(F)c2)nn(C2CCOCC2)c1N. The summed E-state index contributed by atoms with van der Waals surface area (Å²) >= 11 is 0. The van der Waals surface area contributed by atoms with Gasteiger partial charge in [0, 0.05) is 30.8 Å². The number of hydrogen-bond donors (Lipinski definition) is 2. The van der Waals surface area contributed by atoms with E-state index in [0.29, 0.717) is 26.1 Å². The lowest BCUT2D eigenvalue weighted by atomic mass is 10.0. The van der Waals surface area contributed by atoms with Gasteiger partial charge in [0.05, 0.1) is 18.2 Å². The molecule has 0 saturated carbocycles. The molecule has 1 saturated heterocycles. The van der Waals surface area contributed by atoms with E-state index in [1.807, 2.05) is 6.07 Å². The number of halogens is 2. The van der Waals surface area contributed by atoms with Gasteiger partial charge in [0.2, 0.25) is 0 Å². The van der Waals surface area contributed by atoms with Gasteiger partial charge >= 0.3 is 0 Å². The van der Waals surface area contributed by atoms with E-state index in [4.69, 9.17) is 20.9 Å². The van der Waals surface area contributed by atoms with E-state index in [2.05, 4.69) is 5.10 Å². The minimum Gasteiger partial charge on any atom is -0.492 e. The second kappa shape index (κ2) is 9.89. The Morgan fingerprint density at radius 2 is 1.91 bits per heavy atom. The molecule has 1 fully saturated rings. The minimum absolute atomic E-state index is 0.0519. The summed E-state index contributed by atoms with van der Waals surface area (Å²) in [6.07, 6.45) is 1.27. The van der Waals surface area contributed by atoms with Gasteiger partial charge in [0.25, 0.3) is 5.91 Å². The van der Waals surface area contributed by atoms with Gasteiger partial charge in [-0.25, -0.2) is 13.5 Å². The van der Waals surface area contributed by atoms with Crippen LogP contribution in [0.1, 0.15) is 40.4 Å². The summed E-state index contributed by atoms with van der Waals surface area (Å²) in [6.45, 7) is 1.02. The van der Waals surface area contributed by atoms with E-state index in [1.165, 1.54) is 6.07 Å². The molecule has 10 heteroatoms. The third-order valence-electron chi connectivity index (χ3n) is 5.77. The van der Waals surface area contributed by atoms with Crippen molar-refractivity contribution in [1.29, 1.82) is 5.26 Å². The van der Waals surface area contributed by atoms with Crippen LogP contribution in [-0.2, 0) is 11.2 Å². The van der Waals surface area contributed by atoms with Crippen molar-refractivity contribution < 1.29 is 23.0 Å². The number of amides is 1. The molecule has 1 aliphatic heterocycles. The lowest BCUT2D eigenvalue weighted by molar-refractivity contribution is 0.0669. The topological polar surface area (TPSA) is 129 Å². The number of aromatic nitrogens is 2. The van der Waals surface area contributed by atoms with Gasteiger partial charge in [-0.15, -0.1) is 0 Å². The van der Waals surface area contributed by atoms with Gasteiger partial charge in [-0.3, -0.25) is 4.79 Å². The van der Waals surface area contributed by atoms with E-state index in [0.717, 1.165) is 12.1 Å². The number of carbonyl (C=O) groups is 1. The largest absolute Gasteiger partial charge is 0.492 e. The van der Waals surface area contributed by atoms with Crippen molar-refractivity contribution in [3.05, 3.63) is 64.7 Å². The maximum atomic E-state index is 14.9. The highest BCUT2D eigenvalue weighted by molar-refractivity contribution is 5.95. The predicted octanol–water partition coefficient (Wildman–Crippen LogP) is 3.35. The molecule has 1 aromatic heterocycles. The Morgan fingerprint density at radius 3 is 2.56 bits per heavy atom. The van der Waals surface area contributed by atoms with Crippen molar-refractivity contribution in [3.8, 4) is 23.1 Å². The second-order valence-electron chi connectivity index (χ2n) is 7.89. The van der Waals surface area contributed by atoms with Crippen LogP contribution in [0.3, 0.4) is 0 Å². The van der Waals surface area contributed by atoms with Gasteiger partial charge in [0.15, 0.2) is 0 Å². The maximum Gasteiger partial charge on any atom is 0.252 e. The van der Waals surface area contributed by atoms with Crippen LogP contribution in [0.15, 0.2) is 36.4 Å². The number of rotatable bonds is 7. The van der Waals surface area contributed by atoms with E-state index in [1.54, 1.807) is 22.9 Å². The van der Waals surface area contributed by atoms with Crippen LogP contribution in [0, 0.1) is 23.0 Å². The summed E-state index contributed by atoms with van der Waals surface area (Å²) in [5.74, 6) is -1.86. The van der Waals surface area contributed by atoms with Crippen LogP contribution >= 0.6 is 0 Å². The van der Waals surface area contributed by atoms with Crippen molar-refractivity contribution in [2.24, 2.45) is 5.73 Å². The van der Waals surface area contributed by atoms with Crippen LogP contribution in [0.4, 0.5) is 14.6 Å². The van der Waals surface area contributed by atoms with Crippen molar-refractivity contribution >= 4 is 11.7 Å². The normalized spacial score (nSPS) is 14.0. The number of nitrogen functional groups attached to an aromatic ring is 1. The molecule has 3 aromatic rings. The third kappa shape index (κ3) is 4.56. The fourth-order valence-corrected chi connectivity index (χ4v) is 4.01. The fourth-order valence-electron chi connectivity index (χ4n) is 4.01. The predicted molar refractivity (Wildman–Crippen MR) is 120 cm³/mol. The van der Waals surface area contributed by atoms with E-state index in [9.17, 15) is 18.8 Å². The number of nitriles is 1. The first-order chi connectivity index (χ1) is 16.4. The molecule has 0 radical (unpaired) electrons. The number of carbonyl (C=O) groups excluding carboxylic acids is 1.